The monoisotopic (exact) mass is 622 g/mol. The van der Waals surface area contributed by atoms with Crippen LogP contribution in [0.4, 0.5) is 16.3 Å². The van der Waals surface area contributed by atoms with Crippen LogP contribution in [0, 0.1) is 18.7 Å². The number of aryl methyl sites for hydroxylation is 1. The van der Waals surface area contributed by atoms with E-state index in [9.17, 15) is 14.0 Å². The molecule has 0 radical (unpaired) electrons. The maximum atomic E-state index is 13.0. The van der Waals surface area contributed by atoms with Crippen LogP contribution >= 0.6 is 11.3 Å². The summed E-state index contributed by atoms with van der Waals surface area (Å²) in [6, 6.07) is 21.2. The van der Waals surface area contributed by atoms with Crippen molar-refractivity contribution >= 4 is 35.0 Å². The normalized spacial score (nSPS) is 15.1. The molecule has 1 saturated carbocycles. The lowest BCUT2D eigenvalue weighted by Gasteiger charge is -2.01. The molecule has 2 unspecified atom stereocenters. The zero-order valence-electron chi connectivity index (χ0n) is 23.9. The number of carbonyl (C=O) groups is 2. The molecule has 0 aliphatic heterocycles. The molecule has 7 rings (SSSR count). The van der Waals surface area contributed by atoms with Gasteiger partial charge in [0.15, 0.2) is 11.6 Å². The molecule has 45 heavy (non-hydrogen) atoms. The van der Waals surface area contributed by atoms with Crippen molar-refractivity contribution in [3.63, 3.8) is 0 Å². The molecule has 0 spiro atoms. The van der Waals surface area contributed by atoms with Crippen molar-refractivity contribution < 1.29 is 14.0 Å². The molecule has 4 N–H and O–H groups in total. The molecule has 226 valence electrons. The minimum Gasteiger partial charge on any atom is -0.293 e. The van der Waals surface area contributed by atoms with Crippen LogP contribution in [0.5, 0.6) is 0 Å². The molecule has 6 aromatic rings. The minimum atomic E-state index is -0.275. The second-order valence-corrected chi connectivity index (χ2v) is 11.5. The van der Waals surface area contributed by atoms with E-state index < -0.39 is 0 Å². The fraction of sp³-hybridized carbons (Fsp3) is 0.161. The number of thiophene rings is 1. The molecule has 0 saturated heterocycles. The number of H-pyrrole nitrogens is 2. The molecular weight excluding hydrogens is 595 g/mol. The topological polar surface area (TPSA) is 167 Å². The van der Waals surface area contributed by atoms with Gasteiger partial charge in [-0.1, -0.05) is 24.3 Å². The molecule has 0 bridgehead atoms. The van der Waals surface area contributed by atoms with Gasteiger partial charge >= 0.3 is 0 Å². The Morgan fingerprint density at radius 2 is 1.47 bits per heavy atom. The summed E-state index contributed by atoms with van der Waals surface area (Å²) in [7, 11) is 0. The first-order valence-corrected chi connectivity index (χ1v) is 14.8. The highest BCUT2D eigenvalue weighted by Crippen LogP contribution is 2.47. The van der Waals surface area contributed by atoms with Crippen LogP contribution in [0.25, 0.3) is 23.0 Å². The molecular formula is C31H27FN10O2S. The van der Waals surface area contributed by atoms with Crippen LogP contribution in [0.3, 0.4) is 0 Å². The quantitative estimate of drug-likeness (QED) is 0.180. The van der Waals surface area contributed by atoms with Gasteiger partial charge < -0.3 is 0 Å². The number of carbonyl (C=O) groups excluding carboxylic acids is 2. The molecule has 2 atom stereocenters. The van der Waals surface area contributed by atoms with Crippen LogP contribution in [-0.2, 0) is 16.0 Å². The molecule has 5 heterocycles. The average Bonchev–Trinajstić information content (AvgIpc) is 3.31. The van der Waals surface area contributed by atoms with Crippen LogP contribution in [0.2, 0.25) is 0 Å². The molecule has 14 heteroatoms. The molecule has 5 aromatic heterocycles. The highest BCUT2D eigenvalue weighted by molar-refractivity contribution is 7.12. The number of amides is 2. The SMILES string of the molecule is Cc1ccc(CC(=O)Nc2n[nH]c(-c3ccccn3)n2)s1.O=C(Nc1n[nH]c(-c2ccccn2)n1)C1CC1c1ccc(F)cc1. The number of rotatable bonds is 8. The Balaban J connectivity index is 0.000000160. The summed E-state index contributed by atoms with van der Waals surface area (Å²) in [6.07, 6.45) is 4.41. The second kappa shape index (κ2) is 13.3. The molecule has 2 amide bonds. The van der Waals surface area contributed by atoms with E-state index >= 15 is 0 Å². The number of hydrogen-bond acceptors (Lipinski definition) is 9. The Hall–Kier alpha value is -5.63. The van der Waals surface area contributed by atoms with Gasteiger partial charge in [0.05, 0.1) is 6.42 Å². The van der Waals surface area contributed by atoms with Gasteiger partial charge in [0.2, 0.25) is 23.7 Å². The van der Waals surface area contributed by atoms with E-state index in [0.717, 1.165) is 16.9 Å². The van der Waals surface area contributed by atoms with Crippen molar-refractivity contribution in [2.24, 2.45) is 5.92 Å². The minimum absolute atomic E-state index is 0.125. The third-order valence-corrected chi connectivity index (χ3v) is 7.83. The number of pyridine rings is 2. The number of nitrogens with zero attached hydrogens (tertiary/aromatic N) is 6. The Morgan fingerprint density at radius 3 is 2.02 bits per heavy atom. The van der Waals surface area contributed by atoms with Crippen molar-refractivity contribution in [1.82, 2.24) is 40.3 Å². The number of anilines is 2. The summed E-state index contributed by atoms with van der Waals surface area (Å²) in [6.45, 7) is 2.01. The Kier molecular flexibility index (Phi) is 8.73. The maximum absolute atomic E-state index is 13.0. The zero-order valence-corrected chi connectivity index (χ0v) is 24.8. The third kappa shape index (κ3) is 7.67. The highest BCUT2D eigenvalue weighted by atomic mass is 32.1. The molecule has 1 fully saturated rings. The fourth-order valence-corrected chi connectivity index (χ4v) is 5.43. The summed E-state index contributed by atoms with van der Waals surface area (Å²) in [5.74, 6) is 0.962. The van der Waals surface area contributed by atoms with Crippen molar-refractivity contribution in [1.29, 1.82) is 0 Å². The van der Waals surface area contributed by atoms with Crippen LogP contribution in [0.15, 0.2) is 85.2 Å². The van der Waals surface area contributed by atoms with Crippen molar-refractivity contribution in [2.75, 3.05) is 10.6 Å². The van der Waals surface area contributed by atoms with Gasteiger partial charge in [-0.2, -0.15) is 9.97 Å². The predicted molar refractivity (Wildman–Crippen MR) is 166 cm³/mol. The third-order valence-electron chi connectivity index (χ3n) is 6.83. The smallest absolute Gasteiger partial charge is 0.249 e. The molecule has 1 aromatic carbocycles. The molecule has 1 aliphatic carbocycles. The lowest BCUT2D eigenvalue weighted by molar-refractivity contribution is -0.117. The largest absolute Gasteiger partial charge is 0.293 e. The summed E-state index contributed by atoms with van der Waals surface area (Å²) in [5.41, 5.74) is 2.31. The van der Waals surface area contributed by atoms with Gasteiger partial charge in [-0.3, -0.25) is 40.4 Å². The summed E-state index contributed by atoms with van der Waals surface area (Å²) < 4.78 is 13.0. The van der Waals surface area contributed by atoms with Crippen molar-refractivity contribution in [3.8, 4) is 23.0 Å². The summed E-state index contributed by atoms with van der Waals surface area (Å²) in [5, 5.41) is 18.9. The van der Waals surface area contributed by atoms with Gasteiger partial charge in [0.1, 0.15) is 17.2 Å². The first-order valence-electron chi connectivity index (χ1n) is 14.0. The Labute approximate surface area is 260 Å². The van der Waals surface area contributed by atoms with Crippen LogP contribution in [0.1, 0.15) is 27.7 Å². The predicted octanol–water partition coefficient (Wildman–Crippen LogP) is 5.17. The lowest BCUT2D eigenvalue weighted by atomic mass is 10.1. The Bertz CT molecular complexity index is 1890. The first-order chi connectivity index (χ1) is 21.9. The number of halogens is 1. The van der Waals surface area contributed by atoms with Gasteiger partial charge in [-0.15, -0.1) is 21.5 Å². The lowest BCUT2D eigenvalue weighted by Crippen LogP contribution is -2.15. The summed E-state index contributed by atoms with van der Waals surface area (Å²) >= 11 is 1.61. The van der Waals surface area contributed by atoms with Gasteiger partial charge in [0, 0.05) is 28.1 Å². The van der Waals surface area contributed by atoms with E-state index in [2.05, 4.69) is 51.0 Å². The van der Waals surface area contributed by atoms with E-state index in [4.69, 9.17) is 0 Å². The first kappa shape index (κ1) is 29.4. The van der Waals surface area contributed by atoms with E-state index in [0.29, 0.717) is 29.5 Å². The second-order valence-electron chi connectivity index (χ2n) is 10.2. The number of nitrogens with one attached hydrogen (secondary N) is 4. The molecule has 12 nitrogen and oxygen atoms in total. The van der Waals surface area contributed by atoms with E-state index in [1.165, 1.54) is 17.0 Å². The number of aromatic amines is 2. The van der Waals surface area contributed by atoms with Gasteiger partial charge in [-0.05, 0) is 73.4 Å². The molecule has 1 aliphatic rings. The van der Waals surface area contributed by atoms with E-state index in [-0.39, 0.29) is 41.4 Å². The van der Waals surface area contributed by atoms with Gasteiger partial charge in [-0.25, -0.2) is 4.39 Å². The maximum Gasteiger partial charge on any atom is 0.249 e. The summed E-state index contributed by atoms with van der Waals surface area (Å²) in [4.78, 5) is 43.2. The van der Waals surface area contributed by atoms with Crippen molar-refractivity contribution in [3.05, 3.63) is 106 Å². The van der Waals surface area contributed by atoms with Gasteiger partial charge in [0.25, 0.3) is 0 Å². The number of hydrogen-bond donors (Lipinski definition) is 4. The fourth-order valence-electron chi connectivity index (χ4n) is 4.54. The zero-order chi connectivity index (χ0) is 31.2. The Morgan fingerprint density at radius 1 is 0.844 bits per heavy atom. The van der Waals surface area contributed by atoms with Crippen LogP contribution in [-0.4, -0.2) is 52.1 Å². The average molecular weight is 623 g/mol. The van der Waals surface area contributed by atoms with E-state index in [1.807, 2.05) is 49.4 Å². The van der Waals surface area contributed by atoms with E-state index in [1.54, 1.807) is 41.9 Å². The standard InChI is InChI=1S/C17H14FN5O.C14H13N5OS/c18-11-6-4-10(5-7-11)12-9-13(12)16(24)21-17-20-15(22-23-17)14-3-1-2-8-19-14;1-9-5-6-10(21-9)8-12(20)16-14-17-13(18-19-14)11-4-2-3-7-15-11/h1-8,12-13H,9H2,(H2,20,21,22,23,24);2-7H,8H2,1H3,(H2,16,17,18,19,20). The number of benzene rings is 1. The number of aromatic nitrogens is 8. The highest BCUT2D eigenvalue weighted by Gasteiger charge is 2.44. The van der Waals surface area contributed by atoms with Crippen LogP contribution < -0.4 is 10.6 Å². The van der Waals surface area contributed by atoms with Crippen molar-refractivity contribution in [2.45, 2.75) is 25.7 Å².